The fourth-order valence-electron chi connectivity index (χ4n) is 5.27. The van der Waals surface area contributed by atoms with Crippen molar-refractivity contribution in [1.29, 1.82) is 0 Å². The van der Waals surface area contributed by atoms with Crippen LogP contribution in [0.2, 0.25) is 0 Å². The topological polar surface area (TPSA) is 152 Å². The minimum atomic E-state index is -4.08. The van der Waals surface area contributed by atoms with Crippen molar-refractivity contribution < 1.29 is 46.0 Å². The second-order valence-electron chi connectivity index (χ2n) is 11.4. The van der Waals surface area contributed by atoms with E-state index in [9.17, 15) is 27.0 Å². The first-order valence-electron chi connectivity index (χ1n) is 16.2. The lowest BCUT2D eigenvalue weighted by Crippen LogP contribution is -2.40. The number of sulfonamides is 2. The molecule has 274 valence electrons. The average Bonchev–Trinajstić information content (AvgIpc) is 3.18. The van der Waals surface area contributed by atoms with Gasteiger partial charge >= 0.3 is 0 Å². The highest BCUT2D eigenvalue weighted by molar-refractivity contribution is 7.93. The van der Waals surface area contributed by atoms with E-state index in [-0.39, 0.29) is 47.5 Å². The van der Waals surface area contributed by atoms with Crippen LogP contribution >= 0.6 is 0 Å². The third-order valence-electron chi connectivity index (χ3n) is 7.83. The van der Waals surface area contributed by atoms with Gasteiger partial charge in [0.15, 0.2) is 0 Å². The Morgan fingerprint density at radius 3 is 1.17 bits per heavy atom. The number of hydrogen-bond acceptors (Lipinski definition) is 10. The molecule has 0 aliphatic rings. The van der Waals surface area contributed by atoms with Crippen LogP contribution in [-0.4, -0.2) is 79.8 Å². The molecule has 0 saturated heterocycles. The molecule has 5 rings (SSSR count). The first-order valence-corrected chi connectivity index (χ1v) is 19.1. The van der Waals surface area contributed by atoms with E-state index in [1.54, 1.807) is 109 Å². The summed E-state index contributed by atoms with van der Waals surface area (Å²) in [5.41, 5.74) is 0.528. The monoisotopic (exact) mass is 748 g/mol. The average molecular weight is 749 g/mol. The van der Waals surface area contributed by atoms with Crippen LogP contribution < -0.4 is 27.6 Å². The van der Waals surface area contributed by atoms with Crippen LogP contribution in [0.1, 0.15) is 0 Å². The third kappa shape index (κ3) is 9.14. The molecule has 12 nitrogen and oxygen atoms in total. The molecule has 2 atom stereocenters. The van der Waals surface area contributed by atoms with E-state index in [1.165, 1.54) is 38.5 Å². The molecule has 0 aromatic heterocycles. The van der Waals surface area contributed by atoms with E-state index in [0.717, 1.165) is 8.61 Å². The Kier molecular flexibility index (Phi) is 12.6. The number of aliphatic hydroxyl groups is 2. The molecule has 2 N–H and O–H groups in total. The summed E-state index contributed by atoms with van der Waals surface area (Å²) in [7, 11) is -5.28. The highest BCUT2D eigenvalue weighted by Gasteiger charge is 2.31. The molecule has 0 aliphatic carbocycles. The van der Waals surface area contributed by atoms with Crippen LogP contribution in [-0.2, 0) is 20.0 Å². The summed E-state index contributed by atoms with van der Waals surface area (Å²) < 4.78 is 79.3. The summed E-state index contributed by atoms with van der Waals surface area (Å²) in [6.07, 6.45) is -2.46. The summed E-state index contributed by atoms with van der Waals surface area (Å²) in [5.74, 6) is 1.39. The Bertz CT molecular complexity index is 1950. The van der Waals surface area contributed by atoms with Gasteiger partial charge in [0.25, 0.3) is 20.0 Å². The predicted molar refractivity (Wildman–Crippen MR) is 197 cm³/mol. The van der Waals surface area contributed by atoms with Gasteiger partial charge in [-0.1, -0.05) is 60.7 Å². The van der Waals surface area contributed by atoms with E-state index in [0.29, 0.717) is 23.0 Å². The number of nitrogens with zero attached hydrogens (tertiary/aromatic N) is 2. The van der Waals surface area contributed by atoms with Gasteiger partial charge in [-0.2, -0.15) is 0 Å². The largest absolute Gasteiger partial charge is 0.495 e. The maximum Gasteiger partial charge on any atom is 0.264 e. The van der Waals surface area contributed by atoms with Crippen LogP contribution in [0, 0.1) is 0 Å². The van der Waals surface area contributed by atoms with Gasteiger partial charge < -0.3 is 29.2 Å². The van der Waals surface area contributed by atoms with Gasteiger partial charge in [0.05, 0.1) is 48.5 Å². The highest BCUT2D eigenvalue weighted by atomic mass is 32.2. The SMILES string of the molecule is COc1ccccc1N(C[C@@H](O)COc1ccc(OC[C@H](O)CN(c2ccccc2OC)S(=O)(=O)c2ccccc2)cc1)S(=O)(=O)c1ccccc1. The van der Waals surface area contributed by atoms with E-state index in [4.69, 9.17) is 18.9 Å². The summed E-state index contributed by atoms with van der Waals surface area (Å²) >= 11 is 0. The lowest BCUT2D eigenvalue weighted by molar-refractivity contribution is 0.113. The first kappa shape index (κ1) is 38.0. The summed E-state index contributed by atoms with van der Waals surface area (Å²) in [4.78, 5) is 0.111. The van der Waals surface area contributed by atoms with E-state index >= 15 is 0 Å². The van der Waals surface area contributed by atoms with Gasteiger partial charge in [-0.15, -0.1) is 0 Å². The Morgan fingerprint density at radius 1 is 0.500 bits per heavy atom. The molecule has 0 spiro atoms. The molecular formula is C38H40N2O10S2. The molecule has 0 fully saturated rings. The summed E-state index contributed by atoms with van der Waals surface area (Å²) in [6, 6.07) is 35.4. The Morgan fingerprint density at radius 2 is 0.827 bits per heavy atom. The van der Waals surface area contributed by atoms with E-state index < -0.39 is 32.3 Å². The predicted octanol–water partition coefficient (Wildman–Crippen LogP) is 4.97. The number of hydrogen-bond donors (Lipinski definition) is 2. The van der Waals surface area contributed by atoms with Crippen molar-refractivity contribution in [3.8, 4) is 23.0 Å². The molecular weight excluding hydrogens is 709 g/mol. The van der Waals surface area contributed by atoms with Gasteiger partial charge in [-0.25, -0.2) is 16.8 Å². The minimum absolute atomic E-state index is 0.0556. The van der Waals surface area contributed by atoms with Gasteiger partial charge in [0, 0.05) is 0 Å². The molecule has 0 unspecified atom stereocenters. The Hall–Kier alpha value is -5.28. The minimum Gasteiger partial charge on any atom is -0.495 e. The van der Waals surface area contributed by atoms with Gasteiger partial charge in [-0.3, -0.25) is 8.61 Å². The van der Waals surface area contributed by atoms with Crippen molar-refractivity contribution >= 4 is 31.4 Å². The smallest absolute Gasteiger partial charge is 0.264 e. The van der Waals surface area contributed by atoms with E-state index in [1.807, 2.05) is 0 Å². The zero-order chi connectivity index (χ0) is 37.1. The quantitative estimate of drug-likeness (QED) is 0.126. The normalized spacial score (nSPS) is 12.7. The molecule has 14 heteroatoms. The second kappa shape index (κ2) is 17.3. The lowest BCUT2D eigenvalue weighted by Gasteiger charge is -2.28. The fourth-order valence-corrected chi connectivity index (χ4v) is 8.34. The van der Waals surface area contributed by atoms with Gasteiger partial charge in [-0.05, 0) is 72.8 Å². The van der Waals surface area contributed by atoms with Crippen molar-refractivity contribution in [3.63, 3.8) is 0 Å². The molecule has 0 amide bonds. The first-order chi connectivity index (χ1) is 25.0. The van der Waals surface area contributed by atoms with Crippen molar-refractivity contribution in [2.24, 2.45) is 0 Å². The fraction of sp³-hybridized carbons (Fsp3) is 0.211. The number of aliphatic hydroxyl groups excluding tert-OH is 2. The zero-order valence-corrected chi connectivity index (χ0v) is 30.2. The van der Waals surface area contributed by atoms with Crippen LogP contribution in [0.3, 0.4) is 0 Å². The summed E-state index contributed by atoms with van der Waals surface area (Å²) in [5, 5.41) is 21.9. The molecule has 0 aliphatic heterocycles. The molecule has 0 radical (unpaired) electrons. The maximum absolute atomic E-state index is 13.7. The number of methoxy groups -OCH3 is 2. The number of rotatable bonds is 18. The van der Waals surface area contributed by atoms with Crippen molar-refractivity contribution in [2.45, 2.75) is 22.0 Å². The van der Waals surface area contributed by atoms with Crippen molar-refractivity contribution in [1.82, 2.24) is 0 Å². The van der Waals surface area contributed by atoms with Crippen LogP contribution in [0.25, 0.3) is 0 Å². The van der Waals surface area contributed by atoms with Crippen LogP contribution in [0.5, 0.6) is 23.0 Å². The third-order valence-corrected chi connectivity index (χ3v) is 11.4. The molecule has 0 saturated carbocycles. The molecule has 0 heterocycles. The van der Waals surface area contributed by atoms with Crippen LogP contribution in [0.15, 0.2) is 143 Å². The highest BCUT2D eigenvalue weighted by Crippen LogP contribution is 2.34. The van der Waals surface area contributed by atoms with E-state index in [2.05, 4.69) is 0 Å². The Labute approximate surface area is 304 Å². The van der Waals surface area contributed by atoms with Gasteiger partial charge in [0.1, 0.15) is 48.4 Å². The second-order valence-corrected chi connectivity index (χ2v) is 15.2. The van der Waals surface area contributed by atoms with Crippen molar-refractivity contribution in [2.75, 3.05) is 49.1 Å². The summed E-state index contributed by atoms with van der Waals surface area (Å²) in [6.45, 7) is -1.10. The standard InChI is InChI=1S/C38H40N2O10S2/c1-47-37-19-11-9-17-35(37)39(51(43,44)33-13-5-3-6-14-33)25-29(41)27-49-31-21-23-32(24-22-31)50-28-30(42)26-40(36-18-10-12-20-38(36)48-2)52(45,46)34-15-7-4-8-16-34/h3-24,29-30,41-42H,25-28H2,1-2H3/t29-,30-/m1/s1. The number of benzene rings is 5. The molecule has 5 aromatic carbocycles. The number of para-hydroxylation sites is 4. The number of ether oxygens (including phenoxy) is 4. The lowest BCUT2D eigenvalue weighted by atomic mass is 10.2. The van der Waals surface area contributed by atoms with Gasteiger partial charge in [0.2, 0.25) is 0 Å². The van der Waals surface area contributed by atoms with Crippen LogP contribution in [0.4, 0.5) is 11.4 Å². The Balaban J connectivity index is 1.22. The molecule has 5 aromatic rings. The zero-order valence-electron chi connectivity index (χ0n) is 28.6. The maximum atomic E-state index is 13.7. The van der Waals surface area contributed by atoms with Crippen molar-refractivity contribution in [3.05, 3.63) is 133 Å². The molecule has 52 heavy (non-hydrogen) atoms. The number of anilines is 2. The molecule has 0 bridgehead atoms.